The van der Waals surface area contributed by atoms with E-state index in [0.717, 1.165) is 17.7 Å². The van der Waals surface area contributed by atoms with Crippen LogP contribution in [0.4, 0.5) is 0 Å². The maximum absolute atomic E-state index is 9.35. The number of benzene rings is 1. The molecule has 1 aromatic rings. The molecule has 0 aliphatic carbocycles. The Bertz CT molecular complexity index is 364. The first kappa shape index (κ1) is 15.0. The van der Waals surface area contributed by atoms with Crippen molar-refractivity contribution in [1.82, 2.24) is 5.32 Å². The van der Waals surface area contributed by atoms with E-state index in [-0.39, 0.29) is 19.3 Å². The Labute approximate surface area is 109 Å². The molecule has 4 nitrogen and oxygen atoms in total. The van der Waals surface area contributed by atoms with E-state index in [1.165, 1.54) is 0 Å². The predicted octanol–water partition coefficient (Wildman–Crippen LogP) is 1.48. The molecule has 0 aromatic heterocycles. The Morgan fingerprint density at radius 3 is 2.39 bits per heavy atom. The molecule has 0 radical (unpaired) electrons. The lowest BCUT2D eigenvalue weighted by molar-refractivity contribution is 0.0928. The second kappa shape index (κ2) is 6.73. The number of nitrogens with one attached hydrogen (secondary N) is 1. The maximum atomic E-state index is 9.35. The van der Waals surface area contributed by atoms with Crippen molar-refractivity contribution in [2.24, 2.45) is 0 Å². The second-order valence-corrected chi connectivity index (χ2v) is 4.72. The zero-order valence-corrected chi connectivity index (χ0v) is 11.3. The van der Waals surface area contributed by atoms with Gasteiger partial charge in [-0.2, -0.15) is 0 Å². The summed E-state index contributed by atoms with van der Waals surface area (Å²) in [6.07, 6.45) is 0.843. The molecule has 1 aromatic carbocycles. The molecule has 1 unspecified atom stereocenters. The summed E-state index contributed by atoms with van der Waals surface area (Å²) in [7, 11) is 1.64. The predicted molar refractivity (Wildman–Crippen MR) is 71.7 cm³/mol. The third kappa shape index (κ3) is 3.45. The molecular formula is C14H23NO3. The third-order valence-electron chi connectivity index (χ3n) is 3.14. The van der Waals surface area contributed by atoms with Gasteiger partial charge >= 0.3 is 0 Å². The van der Waals surface area contributed by atoms with Crippen LogP contribution in [0.15, 0.2) is 24.3 Å². The first-order valence-electron chi connectivity index (χ1n) is 6.22. The fourth-order valence-corrected chi connectivity index (χ4v) is 1.92. The third-order valence-corrected chi connectivity index (χ3v) is 3.14. The number of para-hydroxylation sites is 1. The second-order valence-electron chi connectivity index (χ2n) is 4.72. The van der Waals surface area contributed by atoms with E-state index in [9.17, 15) is 10.2 Å². The van der Waals surface area contributed by atoms with Crippen molar-refractivity contribution in [2.75, 3.05) is 20.3 Å². The summed E-state index contributed by atoms with van der Waals surface area (Å²) in [5.41, 5.74) is 0.345. The molecule has 0 fully saturated rings. The molecule has 18 heavy (non-hydrogen) atoms. The number of aliphatic hydroxyl groups is 2. The molecule has 3 N–H and O–H groups in total. The Kier molecular flexibility index (Phi) is 5.59. The standard InChI is InChI=1S/C14H23NO3/c1-4-12(15-14(2,9-16)10-17)11-7-5-6-8-13(11)18-3/h5-8,12,15-17H,4,9-10H2,1-3H3. The smallest absolute Gasteiger partial charge is 0.123 e. The van der Waals surface area contributed by atoms with E-state index in [2.05, 4.69) is 12.2 Å². The van der Waals surface area contributed by atoms with E-state index < -0.39 is 5.54 Å². The summed E-state index contributed by atoms with van der Waals surface area (Å²) in [4.78, 5) is 0. The average molecular weight is 253 g/mol. The van der Waals surface area contributed by atoms with Crippen molar-refractivity contribution in [1.29, 1.82) is 0 Å². The van der Waals surface area contributed by atoms with Gasteiger partial charge in [0.2, 0.25) is 0 Å². The summed E-state index contributed by atoms with van der Waals surface area (Å²) >= 11 is 0. The average Bonchev–Trinajstić information content (AvgIpc) is 2.44. The first-order valence-corrected chi connectivity index (χ1v) is 6.22. The molecule has 4 heteroatoms. The van der Waals surface area contributed by atoms with Gasteiger partial charge in [-0.1, -0.05) is 25.1 Å². The SMILES string of the molecule is CCC(NC(C)(CO)CO)c1ccccc1OC. The van der Waals surface area contributed by atoms with Gasteiger partial charge in [-0.25, -0.2) is 0 Å². The minimum absolute atomic E-state index is 0.0328. The van der Waals surface area contributed by atoms with Crippen LogP contribution in [-0.4, -0.2) is 36.1 Å². The molecular weight excluding hydrogens is 230 g/mol. The van der Waals surface area contributed by atoms with Crippen molar-refractivity contribution < 1.29 is 14.9 Å². The van der Waals surface area contributed by atoms with Gasteiger partial charge in [0.05, 0.1) is 25.9 Å². The van der Waals surface area contributed by atoms with Gasteiger partial charge in [-0.3, -0.25) is 0 Å². The summed E-state index contributed by atoms with van der Waals surface area (Å²) in [5.74, 6) is 0.815. The van der Waals surface area contributed by atoms with E-state index in [4.69, 9.17) is 4.74 Å². The highest BCUT2D eigenvalue weighted by molar-refractivity contribution is 5.36. The fraction of sp³-hybridized carbons (Fsp3) is 0.571. The maximum Gasteiger partial charge on any atom is 0.123 e. The number of methoxy groups -OCH3 is 1. The molecule has 0 heterocycles. The minimum atomic E-state index is -0.693. The lowest BCUT2D eigenvalue weighted by Gasteiger charge is -2.32. The summed E-state index contributed by atoms with van der Waals surface area (Å²) in [6, 6.07) is 7.82. The molecule has 0 aliphatic rings. The molecule has 1 atom stereocenters. The van der Waals surface area contributed by atoms with Gasteiger partial charge in [-0.05, 0) is 19.4 Å². The Morgan fingerprint density at radius 1 is 1.28 bits per heavy atom. The van der Waals surface area contributed by atoms with Crippen molar-refractivity contribution in [3.63, 3.8) is 0 Å². The quantitative estimate of drug-likeness (QED) is 0.689. The number of rotatable bonds is 7. The van der Waals surface area contributed by atoms with Crippen molar-refractivity contribution in [3.8, 4) is 5.75 Å². The molecule has 0 bridgehead atoms. The van der Waals surface area contributed by atoms with Crippen LogP contribution in [0.1, 0.15) is 31.9 Å². The molecule has 0 aliphatic heterocycles. The highest BCUT2D eigenvalue weighted by atomic mass is 16.5. The van der Waals surface area contributed by atoms with Gasteiger partial charge in [0.25, 0.3) is 0 Å². The lowest BCUT2D eigenvalue weighted by Crippen LogP contribution is -2.50. The van der Waals surface area contributed by atoms with Crippen LogP contribution in [0.2, 0.25) is 0 Å². The van der Waals surface area contributed by atoms with Crippen molar-refractivity contribution in [2.45, 2.75) is 31.8 Å². The van der Waals surface area contributed by atoms with Gasteiger partial charge in [-0.15, -0.1) is 0 Å². The number of hydrogen-bond donors (Lipinski definition) is 3. The van der Waals surface area contributed by atoms with E-state index in [0.29, 0.717) is 0 Å². The van der Waals surface area contributed by atoms with E-state index in [1.807, 2.05) is 24.3 Å². The Balaban J connectivity index is 2.96. The fourth-order valence-electron chi connectivity index (χ4n) is 1.92. The molecule has 1 rings (SSSR count). The van der Waals surface area contributed by atoms with Crippen LogP contribution < -0.4 is 10.1 Å². The largest absolute Gasteiger partial charge is 0.496 e. The Morgan fingerprint density at radius 2 is 1.89 bits per heavy atom. The van der Waals surface area contributed by atoms with Crippen LogP contribution in [0.5, 0.6) is 5.75 Å². The summed E-state index contributed by atoms with van der Waals surface area (Å²) in [5, 5.41) is 22.0. The molecule has 0 amide bonds. The van der Waals surface area contributed by atoms with Gasteiger partial charge in [0.1, 0.15) is 5.75 Å². The zero-order valence-electron chi connectivity index (χ0n) is 11.3. The van der Waals surface area contributed by atoms with Crippen LogP contribution in [0.25, 0.3) is 0 Å². The Hall–Kier alpha value is -1.10. The van der Waals surface area contributed by atoms with Crippen molar-refractivity contribution >= 4 is 0 Å². The summed E-state index contributed by atoms with van der Waals surface area (Å²) in [6.45, 7) is 3.62. The molecule has 0 saturated carbocycles. The first-order chi connectivity index (χ1) is 8.60. The monoisotopic (exact) mass is 253 g/mol. The molecule has 0 spiro atoms. The normalized spacial score (nSPS) is 13.4. The van der Waals surface area contributed by atoms with E-state index in [1.54, 1.807) is 14.0 Å². The number of hydrogen-bond acceptors (Lipinski definition) is 4. The van der Waals surface area contributed by atoms with Crippen LogP contribution >= 0.6 is 0 Å². The zero-order chi connectivity index (χ0) is 13.6. The van der Waals surface area contributed by atoms with Crippen LogP contribution in [0, 0.1) is 0 Å². The lowest BCUT2D eigenvalue weighted by atomic mass is 9.97. The molecule has 0 saturated heterocycles. The van der Waals surface area contributed by atoms with Gasteiger partial charge < -0.3 is 20.3 Å². The van der Waals surface area contributed by atoms with Gasteiger partial charge in [0, 0.05) is 11.6 Å². The van der Waals surface area contributed by atoms with Crippen LogP contribution in [0.3, 0.4) is 0 Å². The van der Waals surface area contributed by atoms with Crippen molar-refractivity contribution in [3.05, 3.63) is 29.8 Å². The van der Waals surface area contributed by atoms with Gasteiger partial charge in [0.15, 0.2) is 0 Å². The van der Waals surface area contributed by atoms with Crippen LogP contribution in [-0.2, 0) is 0 Å². The topological polar surface area (TPSA) is 61.7 Å². The highest BCUT2D eigenvalue weighted by Crippen LogP contribution is 2.28. The number of aliphatic hydroxyl groups excluding tert-OH is 2. The number of ether oxygens (including phenoxy) is 1. The summed E-state index contributed by atoms with van der Waals surface area (Å²) < 4.78 is 5.34. The highest BCUT2D eigenvalue weighted by Gasteiger charge is 2.27. The molecule has 102 valence electrons. The van der Waals surface area contributed by atoms with E-state index >= 15 is 0 Å². The minimum Gasteiger partial charge on any atom is -0.496 e.